The van der Waals surface area contributed by atoms with Gasteiger partial charge in [0.15, 0.2) is 0 Å². The topological polar surface area (TPSA) is 60.0 Å². The molecule has 4 rings (SSSR count). The van der Waals surface area contributed by atoms with E-state index in [-0.39, 0.29) is 0 Å². The number of hydrogen-bond acceptors (Lipinski definition) is 4. The van der Waals surface area contributed by atoms with E-state index in [1.54, 1.807) is 6.20 Å². The molecule has 1 aliphatic rings. The molecule has 2 N–H and O–H groups in total. The molecule has 5 nitrogen and oxygen atoms in total. The first-order valence-corrected chi connectivity index (χ1v) is 6.71. The minimum Gasteiger partial charge on any atom is -0.396 e. The Hall–Kier alpha value is -2.56. The normalized spacial score (nSPS) is 14.5. The highest BCUT2D eigenvalue weighted by atomic mass is 15.2. The molecule has 0 fully saturated rings. The van der Waals surface area contributed by atoms with Gasteiger partial charge in [0.2, 0.25) is 0 Å². The molecule has 0 bridgehead atoms. The standard InChI is InChI=1S/C15H15N5/c16-12-9-18-13-4-2-1-3-11(13)15(12)20-8-7-19-6-5-17-14(19)10-20/h1-6,9H,7-8,10,16H2. The Labute approximate surface area is 116 Å². The SMILES string of the molecule is Nc1cnc2ccccc2c1N1CCn2ccnc2C1. The third-order valence-electron chi connectivity index (χ3n) is 3.84. The van der Waals surface area contributed by atoms with Crippen LogP contribution in [-0.2, 0) is 13.1 Å². The molecule has 0 radical (unpaired) electrons. The van der Waals surface area contributed by atoms with Gasteiger partial charge in [0, 0.05) is 30.9 Å². The average molecular weight is 265 g/mol. The molecular weight excluding hydrogens is 250 g/mol. The van der Waals surface area contributed by atoms with E-state index in [0.29, 0.717) is 0 Å². The van der Waals surface area contributed by atoms with Crippen LogP contribution in [0.2, 0.25) is 0 Å². The summed E-state index contributed by atoms with van der Waals surface area (Å²) in [6.07, 6.45) is 5.63. The molecular formula is C15H15N5. The van der Waals surface area contributed by atoms with Crippen LogP contribution in [0.3, 0.4) is 0 Å². The average Bonchev–Trinajstić information content (AvgIpc) is 2.94. The van der Waals surface area contributed by atoms with Crippen molar-refractivity contribution in [2.75, 3.05) is 17.2 Å². The van der Waals surface area contributed by atoms with Crippen LogP contribution in [0.5, 0.6) is 0 Å². The van der Waals surface area contributed by atoms with E-state index in [9.17, 15) is 0 Å². The number of nitrogen functional groups attached to an aromatic ring is 1. The van der Waals surface area contributed by atoms with Gasteiger partial charge in [-0.1, -0.05) is 18.2 Å². The molecule has 0 saturated heterocycles. The lowest BCUT2D eigenvalue weighted by molar-refractivity contribution is 0.561. The predicted octanol–water partition coefficient (Wildman–Crippen LogP) is 2.03. The number of imidazole rings is 1. The first-order valence-electron chi connectivity index (χ1n) is 6.71. The highest BCUT2D eigenvalue weighted by Crippen LogP contribution is 2.33. The van der Waals surface area contributed by atoms with E-state index in [2.05, 4.69) is 25.5 Å². The van der Waals surface area contributed by atoms with Crippen LogP contribution in [-0.4, -0.2) is 21.1 Å². The summed E-state index contributed by atoms with van der Waals surface area (Å²) in [5, 5.41) is 1.10. The van der Waals surface area contributed by atoms with Crippen molar-refractivity contribution in [3.05, 3.63) is 48.7 Å². The Morgan fingerprint density at radius 2 is 2.00 bits per heavy atom. The quantitative estimate of drug-likeness (QED) is 0.731. The van der Waals surface area contributed by atoms with Crippen molar-refractivity contribution in [1.29, 1.82) is 0 Å². The summed E-state index contributed by atoms with van der Waals surface area (Å²) in [6.45, 7) is 2.65. The van der Waals surface area contributed by atoms with Crippen LogP contribution in [0.4, 0.5) is 11.4 Å². The Morgan fingerprint density at radius 3 is 2.95 bits per heavy atom. The number of fused-ring (bicyclic) bond motifs is 2. The number of nitrogens with two attached hydrogens (primary N) is 1. The number of hydrogen-bond donors (Lipinski definition) is 1. The monoisotopic (exact) mass is 265 g/mol. The minimum atomic E-state index is 0.726. The lowest BCUT2D eigenvalue weighted by Gasteiger charge is -2.31. The molecule has 100 valence electrons. The Morgan fingerprint density at radius 1 is 1.10 bits per heavy atom. The molecule has 3 heterocycles. The van der Waals surface area contributed by atoms with Crippen LogP contribution in [0.1, 0.15) is 5.82 Å². The summed E-state index contributed by atoms with van der Waals surface area (Å²) in [5.74, 6) is 1.08. The van der Waals surface area contributed by atoms with Gasteiger partial charge in [-0.2, -0.15) is 0 Å². The highest BCUT2D eigenvalue weighted by molar-refractivity contribution is 5.97. The molecule has 2 aromatic heterocycles. The van der Waals surface area contributed by atoms with Crippen molar-refractivity contribution in [2.45, 2.75) is 13.1 Å². The van der Waals surface area contributed by atoms with Gasteiger partial charge in [-0.15, -0.1) is 0 Å². The molecule has 1 aromatic carbocycles. The third kappa shape index (κ3) is 1.63. The maximum absolute atomic E-state index is 6.18. The summed E-state index contributed by atoms with van der Waals surface area (Å²) in [6, 6.07) is 8.12. The second kappa shape index (κ2) is 4.23. The fourth-order valence-electron chi connectivity index (χ4n) is 2.86. The van der Waals surface area contributed by atoms with Crippen molar-refractivity contribution in [1.82, 2.24) is 14.5 Å². The molecule has 3 aromatic rings. The zero-order valence-corrected chi connectivity index (χ0v) is 11.0. The predicted molar refractivity (Wildman–Crippen MR) is 79.4 cm³/mol. The van der Waals surface area contributed by atoms with Gasteiger partial charge in [-0.05, 0) is 6.07 Å². The van der Waals surface area contributed by atoms with Crippen LogP contribution < -0.4 is 10.6 Å². The molecule has 0 saturated carbocycles. The molecule has 0 aliphatic carbocycles. The second-order valence-corrected chi connectivity index (χ2v) is 5.04. The third-order valence-corrected chi connectivity index (χ3v) is 3.84. The largest absolute Gasteiger partial charge is 0.396 e. The van der Waals surface area contributed by atoms with E-state index in [1.165, 1.54) is 0 Å². The van der Waals surface area contributed by atoms with Gasteiger partial charge in [0.1, 0.15) is 5.82 Å². The number of rotatable bonds is 1. The van der Waals surface area contributed by atoms with Crippen LogP contribution >= 0.6 is 0 Å². The van der Waals surface area contributed by atoms with Gasteiger partial charge < -0.3 is 15.2 Å². The molecule has 20 heavy (non-hydrogen) atoms. The van der Waals surface area contributed by atoms with Gasteiger partial charge in [-0.3, -0.25) is 4.98 Å². The maximum Gasteiger partial charge on any atom is 0.128 e. The molecule has 5 heteroatoms. The maximum atomic E-state index is 6.18. The van der Waals surface area contributed by atoms with E-state index < -0.39 is 0 Å². The number of para-hydroxylation sites is 1. The first kappa shape index (κ1) is 11.3. The van der Waals surface area contributed by atoms with Crippen molar-refractivity contribution in [3.63, 3.8) is 0 Å². The number of anilines is 2. The van der Waals surface area contributed by atoms with E-state index >= 15 is 0 Å². The zero-order chi connectivity index (χ0) is 13.5. The second-order valence-electron chi connectivity index (χ2n) is 5.04. The number of pyridine rings is 1. The number of nitrogens with zero attached hydrogens (tertiary/aromatic N) is 4. The van der Waals surface area contributed by atoms with Crippen molar-refractivity contribution in [3.8, 4) is 0 Å². The molecule has 1 aliphatic heterocycles. The smallest absolute Gasteiger partial charge is 0.128 e. The Balaban J connectivity index is 1.85. The summed E-state index contributed by atoms with van der Waals surface area (Å²) in [4.78, 5) is 11.1. The molecule has 0 spiro atoms. The summed E-state index contributed by atoms with van der Waals surface area (Å²) < 4.78 is 2.19. The van der Waals surface area contributed by atoms with Crippen molar-refractivity contribution < 1.29 is 0 Å². The number of benzene rings is 1. The zero-order valence-electron chi connectivity index (χ0n) is 11.0. The van der Waals surface area contributed by atoms with Gasteiger partial charge in [0.25, 0.3) is 0 Å². The summed E-state index contributed by atoms with van der Waals surface area (Å²) >= 11 is 0. The summed E-state index contributed by atoms with van der Waals surface area (Å²) in [7, 11) is 0. The summed E-state index contributed by atoms with van der Waals surface area (Å²) in [5.41, 5.74) is 8.96. The Bertz CT molecular complexity index is 777. The fourth-order valence-corrected chi connectivity index (χ4v) is 2.86. The Kier molecular flexibility index (Phi) is 2.39. The van der Waals surface area contributed by atoms with Crippen LogP contribution in [0.25, 0.3) is 10.9 Å². The minimum absolute atomic E-state index is 0.726. The fraction of sp³-hybridized carbons (Fsp3) is 0.200. The van der Waals surface area contributed by atoms with E-state index in [0.717, 1.165) is 47.7 Å². The van der Waals surface area contributed by atoms with Crippen LogP contribution in [0.15, 0.2) is 42.9 Å². The lowest BCUT2D eigenvalue weighted by atomic mass is 10.1. The van der Waals surface area contributed by atoms with Gasteiger partial charge in [-0.25, -0.2) is 4.98 Å². The molecule has 0 amide bonds. The molecule has 0 unspecified atom stereocenters. The van der Waals surface area contributed by atoms with Gasteiger partial charge in [0.05, 0.1) is 29.6 Å². The molecule has 0 atom stereocenters. The first-order chi connectivity index (χ1) is 9.83. The highest BCUT2D eigenvalue weighted by Gasteiger charge is 2.20. The van der Waals surface area contributed by atoms with Crippen LogP contribution in [0, 0.1) is 0 Å². The lowest BCUT2D eigenvalue weighted by Crippen LogP contribution is -2.34. The van der Waals surface area contributed by atoms with Crippen molar-refractivity contribution >= 4 is 22.3 Å². The van der Waals surface area contributed by atoms with E-state index in [4.69, 9.17) is 5.73 Å². The number of aromatic nitrogens is 3. The van der Waals surface area contributed by atoms with Crippen molar-refractivity contribution in [2.24, 2.45) is 0 Å². The van der Waals surface area contributed by atoms with E-state index in [1.807, 2.05) is 30.6 Å². The van der Waals surface area contributed by atoms with Gasteiger partial charge >= 0.3 is 0 Å².